The van der Waals surface area contributed by atoms with Gasteiger partial charge in [-0.2, -0.15) is 5.10 Å². The highest BCUT2D eigenvalue weighted by atomic mass is 35.5. The summed E-state index contributed by atoms with van der Waals surface area (Å²) in [4.78, 5) is 23.4. The van der Waals surface area contributed by atoms with Crippen molar-refractivity contribution in [3.8, 4) is 0 Å². The van der Waals surface area contributed by atoms with Gasteiger partial charge < -0.3 is 5.32 Å². The molecule has 6 heteroatoms. The molecule has 0 heterocycles. The minimum absolute atomic E-state index is 0.0839. The van der Waals surface area contributed by atoms with E-state index >= 15 is 0 Å². The van der Waals surface area contributed by atoms with E-state index in [2.05, 4.69) is 22.8 Å². The number of hydrogen-bond acceptors (Lipinski definition) is 3. The van der Waals surface area contributed by atoms with Crippen LogP contribution in [0.25, 0.3) is 0 Å². The van der Waals surface area contributed by atoms with Crippen LogP contribution in [0.15, 0.2) is 29.4 Å². The van der Waals surface area contributed by atoms with Gasteiger partial charge in [-0.25, -0.2) is 5.43 Å². The highest BCUT2D eigenvalue weighted by molar-refractivity contribution is 6.33. The second-order valence-corrected chi connectivity index (χ2v) is 5.42. The van der Waals surface area contributed by atoms with Crippen LogP contribution in [0, 0.1) is 0 Å². The lowest BCUT2D eigenvalue weighted by Gasteiger charge is -2.06. The predicted octanol–water partition coefficient (Wildman–Crippen LogP) is 3.74. The van der Waals surface area contributed by atoms with Crippen molar-refractivity contribution in [2.45, 2.75) is 46.0 Å². The maximum absolute atomic E-state index is 11.8. The summed E-state index contributed by atoms with van der Waals surface area (Å²) in [6.45, 7) is 3.98. The zero-order chi connectivity index (χ0) is 16.4. The zero-order valence-electron chi connectivity index (χ0n) is 13.0. The lowest BCUT2D eigenvalue weighted by Crippen LogP contribution is -2.21. The molecule has 2 amide bonds. The predicted molar refractivity (Wildman–Crippen MR) is 90.1 cm³/mol. The highest BCUT2D eigenvalue weighted by Gasteiger charge is 2.08. The molecule has 0 aromatic heterocycles. The summed E-state index contributed by atoms with van der Waals surface area (Å²) >= 11 is 5.95. The molecule has 0 saturated carbocycles. The average Bonchev–Trinajstić information content (AvgIpc) is 2.51. The molecule has 0 aliphatic rings. The van der Waals surface area contributed by atoms with Crippen molar-refractivity contribution in [3.63, 3.8) is 0 Å². The molecule has 1 aromatic carbocycles. The molecular formula is C16H22ClN3O2. The Hall–Kier alpha value is -1.88. The molecule has 0 radical (unpaired) electrons. The van der Waals surface area contributed by atoms with Crippen LogP contribution in [0.3, 0.4) is 0 Å². The van der Waals surface area contributed by atoms with Gasteiger partial charge in [-0.15, -0.1) is 0 Å². The van der Waals surface area contributed by atoms with Crippen molar-refractivity contribution in [1.29, 1.82) is 0 Å². The molecule has 5 nitrogen and oxygen atoms in total. The van der Waals surface area contributed by atoms with E-state index in [-0.39, 0.29) is 24.7 Å². The van der Waals surface area contributed by atoms with Crippen molar-refractivity contribution in [2.24, 2.45) is 5.10 Å². The number of hydrogen-bond donors (Lipinski definition) is 2. The quantitative estimate of drug-likeness (QED) is 0.565. The number of anilines is 1. The van der Waals surface area contributed by atoms with E-state index in [1.54, 1.807) is 24.3 Å². The summed E-state index contributed by atoms with van der Waals surface area (Å²) in [7, 11) is 0. The number of nitrogens with one attached hydrogen (secondary N) is 2. The fourth-order valence-corrected chi connectivity index (χ4v) is 1.89. The number of benzene rings is 1. The minimum atomic E-state index is -0.273. The molecule has 0 aliphatic heterocycles. The summed E-state index contributed by atoms with van der Waals surface area (Å²) < 4.78 is 0. The minimum Gasteiger partial charge on any atom is -0.325 e. The maximum atomic E-state index is 11.8. The first kappa shape index (κ1) is 18.2. The van der Waals surface area contributed by atoms with Gasteiger partial charge in [0.15, 0.2) is 0 Å². The summed E-state index contributed by atoms with van der Waals surface area (Å²) in [6, 6.07) is 6.96. The number of carbonyl (C=O) groups is 2. The van der Waals surface area contributed by atoms with Crippen molar-refractivity contribution in [2.75, 3.05) is 5.32 Å². The molecule has 0 saturated heterocycles. The van der Waals surface area contributed by atoms with Crippen molar-refractivity contribution in [3.05, 3.63) is 29.3 Å². The molecule has 0 spiro atoms. The van der Waals surface area contributed by atoms with Gasteiger partial charge in [0.2, 0.25) is 11.8 Å². The third kappa shape index (κ3) is 7.22. The number of rotatable bonds is 8. The van der Waals surface area contributed by atoms with Gasteiger partial charge in [0.25, 0.3) is 0 Å². The van der Waals surface area contributed by atoms with Crippen molar-refractivity contribution in [1.82, 2.24) is 5.43 Å². The first-order valence-electron chi connectivity index (χ1n) is 7.39. The number of amides is 2. The molecule has 0 unspecified atom stereocenters. The SMILES string of the molecule is CCCCC(C)=NNC(=O)CCC(=O)Nc1ccccc1Cl. The third-order valence-corrected chi connectivity index (χ3v) is 3.32. The van der Waals surface area contributed by atoms with Gasteiger partial charge >= 0.3 is 0 Å². The van der Waals surface area contributed by atoms with Crippen LogP contribution < -0.4 is 10.7 Å². The average molecular weight is 324 g/mol. The lowest BCUT2D eigenvalue weighted by molar-refractivity contribution is -0.124. The molecule has 0 atom stereocenters. The van der Waals surface area contributed by atoms with Crippen LogP contribution in [-0.2, 0) is 9.59 Å². The van der Waals surface area contributed by atoms with E-state index in [1.807, 2.05) is 6.92 Å². The Bertz CT molecular complexity index is 544. The van der Waals surface area contributed by atoms with Gasteiger partial charge in [-0.3, -0.25) is 9.59 Å². The van der Waals surface area contributed by atoms with Crippen LogP contribution in [0.2, 0.25) is 5.02 Å². The molecule has 1 rings (SSSR count). The van der Waals surface area contributed by atoms with E-state index in [9.17, 15) is 9.59 Å². The number of nitrogens with zero attached hydrogens (tertiary/aromatic N) is 1. The molecule has 120 valence electrons. The smallest absolute Gasteiger partial charge is 0.240 e. The van der Waals surface area contributed by atoms with Crippen LogP contribution in [0.1, 0.15) is 46.0 Å². The monoisotopic (exact) mass is 323 g/mol. The van der Waals surface area contributed by atoms with Gasteiger partial charge in [0.1, 0.15) is 0 Å². The normalized spacial score (nSPS) is 11.1. The first-order chi connectivity index (χ1) is 10.5. The number of halogens is 1. The van der Waals surface area contributed by atoms with E-state index in [0.29, 0.717) is 10.7 Å². The number of para-hydroxylation sites is 1. The Labute approximate surface area is 136 Å². The van der Waals surface area contributed by atoms with E-state index in [4.69, 9.17) is 11.6 Å². The summed E-state index contributed by atoms with van der Waals surface area (Å²) in [5.74, 6) is -0.528. The number of unbranched alkanes of at least 4 members (excludes halogenated alkanes) is 1. The first-order valence-corrected chi connectivity index (χ1v) is 7.77. The van der Waals surface area contributed by atoms with E-state index in [0.717, 1.165) is 25.0 Å². The fourth-order valence-electron chi connectivity index (χ4n) is 1.70. The standard InChI is InChI=1S/C16H22ClN3O2/c1-3-4-7-12(2)19-20-16(22)11-10-15(21)18-14-9-6-5-8-13(14)17/h5-6,8-9H,3-4,7,10-11H2,1-2H3,(H,18,21)(H,20,22). The second kappa shape index (κ2) is 9.95. The van der Waals surface area contributed by atoms with Crippen LogP contribution >= 0.6 is 11.6 Å². The molecule has 0 fully saturated rings. The number of hydrazone groups is 1. The fraction of sp³-hybridized carbons (Fsp3) is 0.438. The Morgan fingerprint density at radius 1 is 1.14 bits per heavy atom. The lowest BCUT2D eigenvalue weighted by atomic mass is 10.2. The molecule has 0 aliphatic carbocycles. The van der Waals surface area contributed by atoms with Crippen molar-refractivity contribution >= 4 is 34.8 Å². The van der Waals surface area contributed by atoms with E-state index < -0.39 is 0 Å². The summed E-state index contributed by atoms with van der Waals surface area (Å²) in [6.07, 6.45) is 3.17. The largest absolute Gasteiger partial charge is 0.325 e. The zero-order valence-corrected chi connectivity index (χ0v) is 13.7. The third-order valence-electron chi connectivity index (χ3n) is 2.99. The van der Waals surface area contributed by atoms with Crippen LogP contribution in [0.5, 0.6) is 0 Å². The Balaban J connectivity index is 2.32. The Morgan fingerprint density at radius 2 is 1.82 bits per heavy atom. The summed E-state index contributed by atoms with van der Waals surface area (Å²) in [5, 5.41) is 7.14. The van der Waals surface area contributed by atoms with Gasteiger partial charge in [0.05, 0.1) is 10.7 Å². The number of carbonyl (C=O) groups excluding carboxylic acids is 2. The summed E-state index contributed by atoms with van der Waals surface area (Å²) in [5.41, 5.74) is 3.89. The molecule has 0 bridgehead atoms. The molecule has 2 N–H and O–H groups in total. The van der Waals surface area contributed by atoms with Crippen LogP contribution in [-0.4, -0.2) is 17.5 Å². The van der Waals surface area contributed by atoms with Crippen LogP contribution in [0.4, 0.5) is 5.69 Å². The van der Waals surface area contributed by atoms with E-state index in [1.165, 1.54) is 0 Å². The van der Waals surface area contributed by atoms with Gasteiger partial charge in [-0.1, -0.05) is 37.1 Å². The van der Waals surface area contributed by atoms with Crippen molar-refractivity contribution < 1.29 is 9.59 Å². The second-order valence-electron chi connectivity index (χ2n) is 5.01. The molecule has 22 heavy (non-hydrogen) atoms. The topological polar surface area (TPSA) is 70.6 Å². The highest BCUT2D eigenvalue weighted by Crippen LogP contribution is 2.20. The maximum Gasteiger partial charge on any atom is 0.240 e. The van der Waals surface area contributed by atoms with Gasteiger partial charge in [-0.05, 0) is 31.9 Å². The Kier molecular flexibility index (Phi) is 8.22. The molecular weight excluding hydrogens is 302 g/mol. The van der Waals surface area contributed by atoms with Gasteiger partial charge in [0, 0.05) is 18.6 Å². The Morgan fingerprint density at radius 3 is 2.50 bits per heavy atom. The molecule has 1 aromatic rings.